The summed E-state index contributed by atoms with van der Waals surface area (Å²) in [5.41, 5.74) is 8.59. The Hall–Kier alpha value is -2.67. The molecule has 2 aromatic heterocycles. The molecule has 2 aromatic carbocycles. The number of nitrogens with two attached hydrogens (primary N) is 1. The smallest absolute Gasteiger partial charge is 0.183 e. The number of fused-ring (bicyclic) bond motifs is 1. The summed E-state index contributed by atoms with van der Waals surface area (Å²) in [4.78, 5) is 9.98. The first-order valence-corrected chi connectivity index (χ1v) is 10.6. The predicted molar refractivity (Wildman–Crippen MR) is 124 cm³/mol. The zero-order chi connectivity index (χ0) is 20.2. The number of hydrogen-bond donors (Lipinski definition) is 3. The predicted octanol–water partition coefficient (Wildman–Crippen LogP) is 5.04. The second-order valence-corrected chi connectivity index (χ2v) is 8.35. The molecule has 0 saturated heterocycles. The summed E-state index contributed by atoms with van der Waals surface area (Å²) in [5.74, 6) is 0.857. The van der Waals surface area contributed by atoms with Gasteiger partial charge in [0.05, 0.1) is 4.88 Å². The summed E-state index contributed by atoms with van der Waals surface area (Å²) in [6.07, 6.45) is 4.57. The van der Waals surface area contributed by atoms with Gasteiger partial charge < -0.3 is 16.4 Å². The summed E-state index contributed by atoms with van der Waals surface area (Å²) in [7, 11) is 1.87. The molecule has 1 atom stereocenters. The maximum atomic E-state index is 6.27. The van der Waals surface area contributed by atoms with E-state index in [-0.39, 0.29) is 6.04 Å². The molecule has 148 valence electrons. The lowest BCUT2D eigenvalue weighted by Gasteiger charge is -2.12. The number of aromatic nitrogens is 2. The van der Waals surface area contributed by atoms with Crippen molar-refractivity contribution < 1.29 is 0 Å². The van der Waals surface area contributed by atoms with E-state index in [9.17, 15) is 0 Å². The lowest BCUT2D eigenvalue weighted by atomic mass is 10.1. The van der Waals surface area contributed by atoms with E-state index in [1.807, 2.05) is 43.7 Å². The van der Waals surface area contributed by atoms with Gasteiger partial charge in [0.2, 0.25) is 0 Å². The summed E-state index contributed by atoms with van der Waals surface area (Å²) < 4.78 is 0. The van der Waals surface area contributed by atoms with Crippen molar-refractivity contribution in [3.05, 3.63) is 71.5 Å². The highest BCUT2D eigenvalue weighted by Crippen LogP contribution is 2.31. The van der Waals surface area contributed by atoms with Gasteiger partial charge in [0.15, 0.2) is 5.13 Å². The molecule has 0 amide bonds. The Morgan fingerprint density at radius 1 is 1.03 bits per heavy atom. The zero-order valence-corrected chi connectivity index (χ0v) is 17.6. The number of nitrogens with one attached hydrogen (secondary N) is 2. The van der Waals surface area contributed by atoms with Crippen LogP contribution in [0.3, 0.4) is 0 Å². The molecule has 0 aliphatic carbocycles. The van der Waals surface area contributed by atoms with Crippen molar-refractivity contribution in [2.24, 2.45) is 5.73 Å². The number of hydrogen-bond acceptors (Lipinski definition) is 6. The Labute approximate surface area is 179 Å². The molecule has 0 unspecified atom stereocenters. The van der Waals surface area contributed by atoms with E-state index in [0.717, 1.165) is 43.6 Å². The van der Waals surface area contributed by atoms with E-state index in [1.165, 1.54) is 5.56 Å². The Kier molecular flexibility index (Phi) is 5.94. The summed E-state index contributed by atoms with van der Waals surface area (Å²) in [5, 5.41) is 10.3. The third kappa shape index (κ3) is 4.85. The normalized spacial score (nSPS) is 12.1. The molecular formula is C22H22ClN5S. The molecule has 5 nitrogen and oxygen atoms in total. The van der Waals surface area contributed by atoms with Crippen LogP contribution < -0.4 is 16.4 Å². The van der Waals surface area contributed by atoms with Gasteiger partial charge in [-0.15, -0.1) is 0 Å². The first kappa shape index (κ1) is 19.6. The Morgan fingerprint density at radius 2 is 1.86 bits per heavy atom. The minimum atomic E-state index is -0.00309. The zero-order valence-electron chi connectivity index (χ0n) is 16.0. The number of halogens is 1. The third-order valence-electron chi connectivity index (χ3n) is 4.69. The highest BCUT2D eigenvalue weighted by Gasteiger charge is 2.09. The molecule has 0 aliphatic rings. The van der Waals surface area contributed by atoms with Crippen LogP contribution in [0.2, 0.25) is 5.02 Å². The second kappa shape index (κ2) is 8.78. The molecule has 29 heavy (non-hydrogen) atoms. The lowest BCUT2D eigenvalue weighted by Crippen LogP contribution is -2.31. The monoisotopic (exact) mass is 423 g/mol. The van der Waals surface area contributed by atoms with Crippen LogP contribution in [0.15, 0.2) is 60.9 Å². The van der Waals surface area contributed by atoms with Crippen molar-refractivity contribution in [1.29, 1.82) is 0 Å². The quantitative estimate of drug-likeness (QED) is 0.388. The van der Waals surface area contributed by atoms with Gasteiger partial charge in [0.25, 0.3) is 0 Å². The summed E-state index contributed by atoms with van der Waals surface area (Å²) in [6.45, 7) is 0.657. The van der Waals surface area contributed by atoms with Gasteiger partial charge in [0.1, 0.15) is 5.82 Å². The highest BCUT2D eigenvalue weighted by molar-refractivity contribution is 7.18. The molecule has 4 rings (SSSR count). The third-order valence-corrected chi connectivity index (χ3v) is 5.95. The van der Waals surface area contributed by atoms with Crippen molar-refractivity contribution >= 4 is 44.7 Å². The van der Waals surface area contributed by atoms with E-state index in [2.05, 4.69) is 44.9 Å². The SMILES string of the molecule is CNc1cc2cc(-c3cnc(NC[C@@H](N)Cc4ccc(Cl)cc4)s3)ccc2cn1. The standard InChI is InChI=1S/C22H22ClN5S/c1-25-21-10-17-9-15(4-5-16(17)11-26-21)20-13-28-22(29-20)27-12-19(24)8-14-2-6-18(23)7-3-14/h2-7,9-11,13,19H,8,12,24H2,1H3,(H,25,26)(H,27,28)/t19-/m0/s1. The molecule has 0 bridgehead atoms. The number of benzene rings is 2. The van der Waals surface area contributed by atoms with E-state index in [1.54, 1.807) is 11.3 Å². The highest BCUT2D eigenvalue weighted by atomic mass is 35.5. The van der Waals surface area contributed by atoms with Gasteiger partial charge in [-0.1, -0.05) is 47.2 Å². The largest absolute Gasteiger partial charge is 0.373 e. The van der Waals surface area contributed by atoms with Gasteiger partial charge in [-0.25, -0.2) is 9.97 Å². The van der Waals surface area contributed by atoms with E-state index >= 15 is 0 Å². The van der Waals surface area contributed by atoms with Crippen LogP contribution in [0.4, 0.5) is 10.9 Å². The van der Waals surface area contributed by atoms with Crippen molar-refractivity contribution in [3.8, 4) is 10.4 Å². The van der Waals surface area contributed by atoms with Gasteiger partial charge >= 0.3 is 0 Å². The molecule has 0 spiro atoms. The fourth-order valence-corrected chi connectivity index (χ4v) is 4.08. The maximum absolute atomic E-state index is 6.27. The molecule has 4 N–H and O–H groups in total. The Morgan fingerprint density at radius 3 is 2.66 bits per heavy atom. The molecule has 0 fully saturated rings. The van der Waals surface area contributed by atoms with Crippen molar-refractivity contribution in [2.45, 2.75) is 12.5 Å². The molecule has 0 aliphatic heterocycles. The van der Waals surface area contributed by atoms with Crippen LogP contribution in [0.5, 0.6) is 0 Å². The van der Waals surface area contributed by atoms with Crippen LogP contribution in [-0.2, 0) is 6.42 Å². The molecule has 0 radical (unpaired) electrons. The average molecular weight is 424 g/mol. The Balaban J connectivity index is 1.41. The van der Waals surface area contributed by atoms with Crippen molar-refractivity contribution in [2.75, 3.05) is 24.2 Å². The van der Waals surface area contributed by atoms with E-state index in [4.69, 9.17) is 17.3 Å². The van der Waals surface area contributed by atoms with Crippen LogP contribution in [-0.4, -0.2) is 29.6 Å². The van der Waals surface area contributed by atoms with Crippen molar-refractivity contribution in [3.63, 3.8) is 0 Å². The Bertz CT molecular complexity index is 1110. The number of pyridine rings is 1. The van der Waals surface area contributed by atoms with Gasteiger partial charge in [-0.2, -0.15) is 0 Å². The average Bonchev–Trinajstić information content (AvgIpc) is 3.22. The van der Waals surface area contributed by atoms with Crippen molar-refractivity contribution in [1.82, 2.24) is 9.97 Å². The minimum Gasteiger partial charge on any atom is -0.373 e. The fourth-order valence-electron chi connectivity index (χ4n) is 3.13. The molecular weight excluding hydrogens is 402 g/mol. The van der Waals surface area contributed by atoms with Crippen LogP contribution in [0.1, 0.15) is 5.56 Å². The topological polar surface area (TPSA) is 75.9 Å². The summed E-state index contributed by atoms with van der Waals surface area (Å²) in [6, 6.07) is 16.2. The first-order valence-electron chi connectivity index (χ1n) is 9.38. The van der Waals surface area contributed by atoms with Crippen LogP contribution in [0, 0.1) is 0 Å². The van der Waals surface area contributed by atoms with E-state index in [0.29, 0.717) is 6.54 Å². The van der Waals surface area contributed by atoms with Gasteiger partial charge in [-0.3, -0.25) is 0 Å². The number of thiazole rings is 1. The number of anilines is 2. The first-order chi connectivity index (χ1) is 14.1. The maximum Gasteiger partial charge on any atom is 0.183 e. The molecule has 7 heteroatoms. The van der Waals surface area contributed by atoms with Gasteiger partial charge in [0, 0.05) is 42.4 Å². The lowest BCUT2D eigenvalue weighted by molar-refractivity contribution is 0.699. The minimum absolute atomic E-state index is 0.00309. The van der Waals surface area contributed by atoms with Crippen LogP contribution >= 0.6 is 22.9 Å². The summed E-state index contributed by atoms with van der Waals surface area (Å²) >= 11 is 7.56. The molecule has 2 heterocycles. The molecule has 0 saturated carbocycles. The number of rotatable bonds is 7. The molecule has 4 aromatic rings. The second-order valence-electron chi connectivity index (χ2n) is 6.88. The van der Waals surface area contributed by atoms with E-state index < -0.39 is 0 Å². The van der Waals surface area contributed by atoms with Crippen LogP contribution in [0.25, 0.3) is 21.2 Å². The fraction of sp³-hybridized carbons (Fsp3) is 0.182. The van der Waals surface area contributed by atoms with Gasteiger partial charge in [-0.05, 0) is 47.2 Å². The number of nitrogens with zero attached hydrogens (tertiary/aromatic N) is 2.